The van der Waals surface area contributed by atoms with E-state index in [9.17, 15) is 0 Å². The summed E-state index contributed by atoms with van der Waals surface area (Å²) in [6.07, 6.45) is 7.20. The lowest BCUT2D eigenvalue weighted by Gasteiger charge is -2.11. The highest BCUT2D eigenvalue weighted by atomic mass is 15.4. The van der Waals surface area contributed by atoms with Crippen LogP contribution in [0.25, 0.3) is 33.1 Å². The maximum Gasteiger partial charge on any atom is 0.148 e. The number of aromatic nitrogens is 6. The molecule has 0 radical (unpaired) electrons. The zero-order valence-electron chi connectivity index (χ0n) is 17.0. The van der Waals surface area contributed by atoms with Crippen LogP contribution in [-0.2, 0) is 14.1 Å². The summed E-state index contributed by atoms with van der Waals surface area (Å²) in [6, 6.07) is 12.6. The molecule has 0 aliphatic carbocycles. The van der Waals surface area contributed by atoms with E-state index in [4.69, 9.17) is 0 Å². The van der Waals surface area contributed by atoms with Crippen LogP contribution in [0.1, 0.15) is 13.8 Å². The van der Waals surface area contributed by atoms with Crippen molar-refractivity contribution in [1.82, 2.24) is 29.5 Å². The molecule has 0 amide bonds. The van der Waals surface area contributed by atoms with Gasteiger partial charge in [0.05, 0.1) is 17.2 Å². The van der Waals surface area contributed by atoms with E-state index < -0.39 is 0 Å². The molecule has 7 heteroatoms. The van der Waals surface area contributed by atoms with E-state index in [-0.39, 0.29) is 0 Å². The molecule has 3 heterocycles. The zero-order valence-corrected chi connectivity index (χ0v) is 17.0. The molecular weight excluding hydrogens is 362 g/mol. The lowest BCUT2D eigenvalue weighted by atomic mass is 10.0. The normalized spacial score (nSPS) is 10.8. The van der Waals surface area contributed by atoms with E-state index in [1.165, 1.54) is 10.9 Å². The Morgan fingerprint density at radius 1 is 0.931 bits per heavy atom. The fourth-order valence-corrected chi connectivity index (χ4v) is 3.35. The van der Waals surface area contributed by atoms with Crippen LogP contribution in [0.5, 0.6) is 0 Å². The quantitative estimate of drug-likeness (QED) is 0.488. The van der Waals surface area contributed by atoms with Crippen molar-refractivity contribution in [1.29, 1.82) is 0 Å². The third-order valence-corrected chi connectivity index (χ3v) is 4.76. The van der Waals surface area contributed by atoms with Gasteiger partial charge in [-0.05, 0) is 35.2 Å². The fourth-order valence-electron chi connectivity index (χ4n) is 3.35. The van der Waals surface area contributed by atoms with Crippen LogP contribution in [0.4, 0.5) is 11.5 Å². The second kappa shape index (κ2) is 7.71. The van der Waals surface area contributed by atoms with E-state index >= 15 is 0 Å². The smallest absolute Gasteiger partial charge is 0.148 e. The van der Waals surface area contributed by atoms with Crippen LogP contribution in [-0.4, -0.2) is 29.5 Å². The van der Waals surface area contributed by atoms with Gasteiger partial charge in [-0.2, -0.15) is 0 Å². The molecule has 5 aromatic rings. The van der Waals surface area contributed by atoms with E-state index in [1.54, 1.807) is 23.3 Å². The van der Waals surface area contributed by atoms with E-state index in [1.807, 2.05) is 27.0 Å². The Balaban J connectivity index is 0.000000994. The predicted octanol–water partition coefficient (Wildman–Crippen LogP) is 4.69. The maximum atomic E-state index is 4.58. The molecule has 0 aliphatic heterocycles. The number of benzene rings is 2. The van der Waals surface area contributed by atoms with Gasteiger partial charge >= 0.3 is 0 Å². The molecule has 5 rings (SSSR count). The highest BCUT2D eigenvalue weighted by Crippen LogP contribution is 2.33. The molecular formula is C22H23N7. The van der Waals surface area contributed by atoms with Crippen LogP contribution in [0, 0.1) is 0 Å². The van der Waals surface area contributed by atoms with Gasteiger partial charge in [0, 0.05) is 49.5 Å². The molecule has 3 aromatic heterocycles. The number of nitrogens with zero attached hydrogens (tertiary/aromatic N) is 6. The Hall–Kier alpha value is -3.74. The minimum Gasteiger partial charge on any atom is -0.351 e. The second-order valence-electron chi connectivity index (χ2n) is 6.52. The standard InChI is InChI=1S/C20H17N7.C2H6/c1-26-8-5-13-3-4-14(9-18(13)26)16-10-15(24-19-12-23-25-27(19)2)11-17-20(16)22-7-6-21-17;1-2/h3-12,24H,1-2H3;1-2H3. The minimum atomic E-state index is 0.807. The molecule has 7 nitrogen and oxygen atoms in total. The van der Waals surface area contributed by atoms with Gasteiger partial charge < -0.3 is 9.88 Å². The number of anilines is 2. The number of fused-ring (bicyclic) bond motifs is 2. The van der Waals surface area contributed by atoms with Gasteiger partial charge in [-0.1, -0.05) is 31.2 Å². The second-order valence-corrected chi connectivity index (χ2v) is 6.52. The molecule has 0 bridgehead atoms. The molecule has 146 valence electrons. The van der Waals surface area contributed by atoms with Gasteiger partial charge in [0.15, 0.2) is 0 Å². The highest BCUT2D eigenvalue weighted by molar-refractivity contribution is 5.97. The van der Waals surface area contributed by atoms with Gasteiger partial charge in [0.1, 0.15) is 5.82 Å². The van der Waals surface area contributed by atoms with Crippen LogP contribution in [0.15, 0.2) is 61.2 Å². The summed E-state index contributed by atoms with van der Waals surface area (Å²) >= 11 is 0. The molecule has 0 aliphatic rings. The Morgan fingerprint density at radius 3 is 2.55 bits per heavy atom. The molecule has 0 spiro atoms. The van der Waals surface area contributed by atoms with Crippen LogP contribution >= 0.6 is 0 Å². The average molecular weight is 385 g/mol. The van der Waals surface area contributed by atoms with Gasteiger partial charge in [-0.15, -0.1) is 5.10 Å². The number of rotatable bonds is 3. The Bertz CT molecular complexity index is 1280. The zero-order chi connectivity index (χ0) is 20.4. The molecule has 0 saturated heterocycles. The monoisotopic (exact) mass is 385 g/mol. The van der Waals surface area contributed by atoms with Crippen molar-refractivity contribution in [2.75, 3.05) is 5.32 Å². The SMILES string of the molecule is CC.Cn1nncc1Nc1cc(-c2ccc3ccn(C)c3c2)c2nccnc2c1. The van der Waals surface area contributed by atoms with Crippen LogP contribution in [0.3, 0.4) is 0 Å². The predicted molar refractivity (Wildman–Crippen MR) is 117 cm³/mol. The van der Waals surface area contributed by atoms with Gasteiger partial charge in [0.2, 0.25) is 0 Å². The summed E-state index contributed by atoms with van der Waals surface area (Å²) < 4.78 is 3.81. The van der Waals surface area contributed by atoms with Gasteiger partial charge in [-0.25, -0.2) is 4.68 Å². The molecule has 0 atom stereocenters. The van der Waals surface area contributed by atoms with Gasteiger partial charge in [-0.3, -0.25) is 9.97 Å². The largest absolute Gasteiger partial charge is 0.351 e. The highest BCUT2D eigenvalue weighted by Gasteiger charge is 2.11. The molecule has 1 N–H and O–H groups in total. The van der Waals surface area contributed by atoms with E-state index in [0.717, 1.165) is 33.7 Å². The number of nitrogens with one attached hydrogen (secondary N) is 1. The lowest BCUT2D eigenvalue weighted by Crippen LogP contribution is -2.00. The molecule has 0 fully saturated rings. The summed E-state index contributed by atoms with van der Waals surface area (Å²) in [5.74, 6) is 0.807. The first-order chi connectivity index (χ1) is 14.2. The molecule has 0 unspecified atom stereocenters. The van der Waals surface area contributed by atoms with Crippen LogP contribution < -0.4 is 5.32 Å². The number of hydrogen-bond acceptors (Lipinski definition) is 5. The van der Waals surface area contributed by atoms with E-state index in [2.05, 4.69) is 73.7 Å². The Kier molecular flexibility index (Phi) is 4.95. The third-order valence-electron chi connectivity index (χ3n) is 4.76. The van der Waals surface area contributed by atoms with Crippen molar-refractivity contribution in [2.24, 2.45) is 14.1 Å². The van der Waals surface area contributed by atoms with Crippen molar-refractivity contribution in [3.8, 4) is 11.1 Å². The van der Waals surface area contributed by atoms with Crippen molar-refractivity contribution in [3.05, 3.63) is 61.2 Å². The summed E-state index contributed by atoms with van der Waals surface area (Å²) in [5.41, 5.74) is 5.93. The topological polar surface area (TPSA) is 73.5 Å². The Morgan fingerprint density at radius 2 is 1.76 bits per heavy atom. The molecule has 29 heavy (non-hydrogen) atoms. The molecule has 0 saturated carbocycles. The van der Waals surface area contributed by atoms with Crippen molar-refractivity contribution >= 4 is 33.4 Å². The summed E-state index contributed by atoms with van der Waals surface area (Å²) in [5, 5.41) is 12.5. The maximum absolute atomic E-state index is 4.58. The lowest BCUT2D eigenvalue weighted by molar-refractivity contribution is 0.721. The molecule has 2 aromatic carbocycles. The summed E-state index contributed by atoms with van der Waals surface area (Å²) in [4.78, 5) is 9.08. The van der Waals surface area contributed by atoms with Crippen LogP contribution in [0.2, 0.25) is 0 Å². The first-order valence-electron chi connectivity index (χ1n) is 9.61. The first-order valence-corrected chi connectivity index (χ1v) is 9.61. The number of hydrogen-bond donors (Lipinski definition) is 1. The summed E-state index contributed by atoms with van der Waals surface area (Å²) in [7, 11) is 3.90. The van der Waals surface area contributed by atoms with E-state index in [0.29, 0.717) is 0 Å². The van der Waals surface area contributed by atoms with Crippen molar-refractivity contribution < 1.29 is 0 Å². The van der Waals surface area contributed by atoms with Crippen molar-refractivity contribution in [2.45, 2.75) is 13.8 Å². The average Bonchev–Trinajstić information content (AvgIpc) is 3.34. The fraction of sp³-hybridized carbons (Fsp3) is 0.182. The third kappa shape index (κ3) is 3.42. The number of aryl methyl sites for hydroxylation is 2. The minimum absolute atomic E-state index is 0.807. The summed E-state index contributed by atoms with van der Waals surface area (Å²) in [6.45, 7) is 4.00. The Labute approximate surface area is 169 Å². The first kappa shape index (κ1) is 18.6. The van der Waals surface area contributed by atoms with Crippen molar-refractivity contribution in [3.63, 3.8) is 0 Å². The van der Waals surface area contributed by atoms with Gasteiger partial charge in [0.25, 0.3) is 0 Å².